The average Bonchev–Trinajstić information content (AvgIpc) is 2.78. The summed E-state index contributed by atoms with van der Waals surface area (Å²) in [6.45, 7) is 5.23. The van der Waals surface area contributed by atoms with Crippen LogP contribution in [0.1, 0.15) is 39.2 Å². The maximum atomic E-state index is 13.6. The molecule has 0 aromatic heterocycles. The van der Waals surface area contributed by atoms with Crippen molar-refractivity contribution in [3.63, 3.8) is 0 Å². The number of sulfonamides is 1. The lowest BCUT2D eigenvalue weighted by molar-refractivity contribution is -0.140. The number of hydrogen-bond acceptors (Lipinski definition) is 4. The first-order valence-corrected chi connectivity index (χ1v) is 13.6. The van der Waals surface area contributed by atoms with Crippen LogP contribution in [-0.2, 0) is 26.2 Å². The Morgan fingerprint density at radius 3 is 2.15 bits per heavy atom. The van der Waals surface area contributed by atoms with E-state index in [1.165, 1.54) is 17.0 Å². The highest BCUT2D eigenvalue weighted by Gasteiger charge is 2.32. The second-order valence-electron chi connectivity index (χ2n) is 8.10. The number of nitrogens with one attached hydrogen (secondary N) is 1. The van der Waals surface area contributed by atoms with Crippen molar-refractivity contribution >= 4 is 50.7 Å². The van der Waals surface area contributed by atoms with Gasteiger partial charge in [-0.15, -0.1) is 0 Å². The van der Waals surface area contributed by atoms with E-state index in [-0.39, 0.29) is 18.5 Å². The number of hydrogen-bond donors (Lipinski definition) is 1. The lowest BCUT2D eigenvalue weighted by atomic mass is 10.1. The second kappa shape index (κ2) is 12.4. The van der Waals surface area contributed by atoms with Crippen LogP contribution in [-0.4, -0.2) is 50.0 Å². The minimum atomic E-state index is -3.80. The standard InChI is InChI=1S/C24H31Cl2N3O4S/c1-5-17(3)27-24(31)22(6-2)28(15-18-9-7-8-10-21(18)26)23(30)16-29(34(4,32)33)20-13-11-19(25)12-14-20/h7-14,17,22H,5-6,15-16H2,1-4H3,(H,27,31). The van der Waals surface area contributed by atoms with Crippen molar-refractivity contribution in [3.8, 4) is 0 Å². The molecule has 186 valence electrons. The summed E-state index contributed by atoms with van der Waals surface area (Å²) in [5.74, 6) is -0.818. The number of nitrogens with zero attached hydrogens (tertiary/aromatic N) is 2. The van der Waals surface area contributed by atoms with Crippen molar-refractivity contribution in [1.82, 2.24) is 10.2 Å². The highest BCUT2D eigenvalue weighted by atomic mass is 35.5. The maximum Gasteiger partial charge on any atom is 0.244 e. The quantitative estimate of drug-likeness (QED) is 0.466. The Labute approximate surface area is 212 Å². The van der Waals surface area contributed by atoms with Gasteiger partial charge in [0.15, 0.2) is 0 Å². The van der Waals surface area contributed by atoms with Crippen molar-refractivity contribution in [1.29, 1.82) is 0 Å². The normalized spacial score (nSPS) is 13.1. The van der Waals surface area contributed by atoms with Crippen LogP contribution in [0, 0.1) is 0 Å². The lowest BCUT2D eigenvalue weighted by Gasteiger charge is -2.33. The molecule has 0 saturated carbocycles. The molecule has 10 heteroatoms. The minimum absolute atomic E-state index is 0.0587. The van der Waals surface area contributed by atoms with Crippen molar-refractivity contribution in [2.24, 2.45) is 0 Å². The van der Waals surface area contributed by atoms with Crippen LogP contribution < -0.4 is 9.62 Å². The van der Waals surface area contributed by atoms with E-state index >= 15 is 0 Å². The number of carbonyl (C=O) groups is 2. The third kappa shape index (κ3) is 7.61. The molecule has 0 bridgehead atoms. The monoisotopic (exact) mass is 527 g/mol. The van der Waals surface area contributed by atoms with Gasteiger partial charge in [0.05, 0.1) is 11.9 Å². The zero-order valence-corrected chi connectivity index (χ0v) is 22.1. The summed E-state index contributed by atoms with van der Waals surface area (Å²) in [5.41, 5.74) is 0.958. The van der Waals surface area contributed by atoms with E-state index in [9.17, 15) is 18.0 Å². The molecule has 0 aliphatic carbocycles. The second-order valence-corrected chi connectivity index (χ2v) is 10.9. The lowest BCUT2D eigenvalue weighted by Crippen LogP contribution is -2.53. The number of halogens is 2. The predicted octanol–water partition coefficient (Wildman–Crippen LogP) is 4.48. The average molecular weight is 529 g/mol. The van der Waals surface area contributed by atoms with Crippen LogP contribution >= 0.6 is 23.2 Å². The van der Waals surface area contributed by atoms with E-state index in [4.69, 9.17) is 23.2 Å². The van der Waals surface area contributed by atoms with Gasteiger partial charge in [0, 0.05) is 22.6 Å². The van der Waals surface area contributed by atoms with Gasteiger partial charge in [0.25, 0.3) is 0 Å². The molecule has 0 heterocycles. The summed E-state index contributed by atoms with van der Waals surface area (Å²) in [4.78, 5) is 28.1. The Kier molecular flexibility index (Phi) is 10.2. The summed E-state index contributed by atoms with van der Waals surface area (Å²) in [7, 11) is -3.80. The van der Waals surface area contributed by atoms with Crippen LogP contribution in [0.5, 0.6) is 0 Å². The molecule has 34 heavy (non-hydrogen) atoms. The fraction of sp³-hybridized carbons (Fsp3) is 0.417. The Hall–Kier alpha value is -2.29. The van der Waals surface area contributed by atoms with E-state index in [1.54, 1.807) is 43.3 Å². The van der Waals surface area contributed by atoms with Gasteiger partial charge in [-0.3, -0.25) is 13.9 Å². The molecular formula is C24H31Cl2N3O4S. The van der Waals surface area contributed by atoms with Crippen molar-refractivity contribution < 1.29 is 18.0 Å². The number of anilines is 1. The first-order chi connectivity index (χ1) is 16.0. The molecule has 2 unspecified atom stereocenters. The Morgan fingerprint density at radius 1 is 1.00 bits per heavy atom. The molecule has 0 radical (unpaired) electrons. The van der Waals surface area contributed by atoms with E-state index in [0.717, 1.165) is 17.0 Å². The molecule has 1 N–H and O–H groups in total. The fourth-order valence-electron chi connectivity index (χ4n) is 3.39. The molecule has 2 aromatic carbocycles. The first-order valence-electron chi connectivity index (χ1n) is 11.0. The van der Waals surface area contributed by atoms with E-state index < -0.39 is 28.5 Å². The maximum absolute atomic E-state index is 13.6. The largest absolute Gasteiger partial charge is 0.352 e. The molecule has 2 rings (SSSR count). The summed E-state index contributed by atoms with van der Waals surface area (Å²) in [6, 6.07) is 12.3. The van der Waals surface area contributed by atoms with Gasteiger partial charge in [0.1, 0.15) is 12.6 Å². The van der Waals surface area contributed by atoms with Crippen LogP contribution in [0.15, 0.2) is 48.5 Å². The van der Waals surface area contributed by atoms with Gasteiger partial charge in [-0.05, 0) is 55.7 Å². The van der Waals surface area contributed by atoms with Gasteiger partial charge in [0.2, 0.25) is 21.8 Å². The third-order valence-corrected chi connectivity index (χ3v) is 7.24. The van der Waals surface area contributed by atoms with Crippen molar-refractivity contribution in [2.75, 3.05) is 17.1 Å². The SMILES string of the molecule is CCC(C)NC(=O)C(CC)N(Cc1ccccc1Cl)C(=O)CN(c1ccc(Cl)cc1)S(C)(=O)=O. The van der Waals surface area contributed by atoms with Gasteiger partial charge >= 0.3 is 0 Å². The topological polar surface area (TPSA) is 86.8 Å². The molecule has 2 amide bonds. The smallest absolute Gasteiger partial charge is 0.244 e. The third-order valence-electron chi connectivity index (χ3n) is 5.48. The van der Waals surface area contributed by atoms with Crippen LogP contribution in [0.25, 0.3) is 0 Å². The fourth-order valence-corrected chi connectivity index (χ4v) is 4.56. The number of carbonyl (C=O) groups excluding carboxylic acids is 2. The summed E-state index contributed by atoms with van der Waals surface area (Å²) < 4.78 is 26.1. The minimum Gasteiger partial charge on any atom is -0.352 e. The molecule has 0 fully saturated rings. The first kappa shape index (κ1) is 28.0. The Bertz CT molecular complexity index is 1090. The number of benzene rings is 2. The van der Waals surface area contributed by atoms with Crippen LogP contribution in [0.4, 0.5) is 5.69 Å². The van der Waals surface area contributed by atoms with Gasteiger partial charge in [-0.2, -0.15) is 0 Å². The molecular weight excluding hydrogens is 497 g/mol. The summed E-state index contributed by atoms with van der Waals surface area (Å²) in [5, 5.41) is 3.82. The molecule has 7 nitrogen and oxygen atoms in total. The highest BCUT2D eigenvalue weighted by molar-refractivity contribution is 7.92. The van der Waals surface area contributed by atoms with Crippen LogP contribution in [0.3, 0.4) is 0 Å². The van der Waals surface area contributed by atoms with Crippen molar-refractivity contribution in [2.45, 2.75) is 52.2 Å². The van der Waals surface area contributed by atoms with Crippen molar-refractivity contribution in [3.05, 3.63) is 64.1 Å². The highest BCUT2D eigenvalue weighted by Crippen LogP contribution is 2.23. The molecule has 0 spiro atoms. The molecule has 2 aromatic rings. The Morgan fingerprint density at radius 2 is 1.62 bits per heavy atom. The summed E-state index contributed by atoms with van der Waals surface area (Å²) >= 11 is 12.3. The molecule has 0 saturated heterocycles. The van der Waals surface area contributed by atoms with E-state index in [2.05, 4.69) is 5.32 Å². The molecule has 2 atom stereocenters. The molecule has 0 aliphatic heterocycles. The van der Waals surface area contributed by atoms with Gasteiger partial charge in [-0.1, -0.05) is 55.2 Å². The van der Waals surface area contributed by atoms with Crippen LogP contribution in [0.2, 0.25) is 10.0 Å². The van der Waals surface area contributed by atoms with E-state index in [1.807, 2.05) is 13.8 Å². The van der Waals surface area contributed by atoms with Gasteiger partial charge in [-0.25, -0.2) is 8.42 Å². The zero-order chi connectivity index (χ0) is 25.5. The van der Waals surface area contributed by atoms with Gasteiger partial charge < -0.3 is 10.2 Å². The zero-order valence-electron chi connectivity index (χ0n) is 19.8. The van der Waals surface area contributed by atoms with E-state index in [0.29, 0.717) is 27.7 Å². The Balaban J connectivity index is 2.44. The predicted molar refractivity (Wildman–Crippen MR) is 138 cm³/mol. The molecule has 0 aliphatic rings. The number of amides is 2. The summed E-state index contributed by atoms with van der Waals surface area (Å²) in [6.07, 6.45) is 2.11. The number of rotatable bonds is 11.